The summed E-state index contributed by atoms with van der Waals surface area (Å²) in [5.41, 5.74) is 2.96. The van der Waals surface area contributed by atoms with Gasteiger partial charge in [-0.3, -0.25) is 9.97 Å². The number of hydrogen-bond acceptors (Lipinski definition) is 6. The summed E-state index contributed by atoms with van der Waals surface area (Å²) in [6, 6.07) is 11.2. The van der Waals surface area contributed by atoms with Gasteiger partial charge in [-0.25, -0.2) is 9.50 Å². The number of pyridine rings is 2. The predicted octanol–water partition coefficient (Wildman–Crippen LogP) is 2.42. The van der Waals surface area contributed by atoms with Gasteiger partial charge in [0, 0.05) is 36.0 Å². The highest BCUT2D eigenvalue weighted by Crippen LogP contribution is 2.24. The van der Waals surface area contributed by atoms with Gasteiger partial charge in [-0.2, -0.15) is 0 Å². The minimum Gasteiger partial charge on any atom is -0.392 e. The van der Waals surface area contributed by atoms with E-state index in [2.05, 4.69) is 25.4 Å². The first-order chi connectivity index (χ1) is 11.8. The average Bonchev–Trinajstić information content (AvgIpc) is 3.12. The topological polar surface area (TPSA) is 88.2 Å². The molecule has 2 N–H and O–H groups in total. The van der Waals surface area contributed by atoms with E-state index in [4.69, 9.17) is 0 Å². The smallest absolute Gasteiger partial charge is 0.200 e. The van der Waals surface area contributed by atoms with Gasteiger partial charge >= 0.3 is 0 Å². The first-order valence-electron chi connectivity index (χ1n) is 7.43. The van der Waals surface area contributed by atoms with Gasteiger partial charge in [0.1, 0.15) is 11.2 Å². The third-order valence-corrected chi connectivity index (χ3v) is 3.61. The lowest BCUT2D eigenvalue weighted by molar-refractivity contribution is 0.282. The predicted molar refractivity (Wildman–Crippen MR) is 89.7 cm³/mol. The summed E-state index contributed by atoms with van der Waals surface area (Å²) >= 11 is 0. The summed E-state index contributed by atoms with van der Waals surface area (Å²) in [6.07, 6.45) is 6.85. The molecular formula is C17H14N6O. The number of rotatable bonds is 4. The monoisotopic (exact) mass is 318 g/mol. The molecule has 0 unspecified atom stereocenters. The highest BCUT2D eigenvalue weighted by atomic mass is 16.3. The molecule has 0 aromatic carbocycles. The van der Waals surface area contributed by atoms with Crippen LogP contribution in [0, 0.1) is 0 Å². The Hall–Kier alpha value is -3.32. The number of hydrogen-bond donors (Lipinski definition) is 2. The van der Waals surface area contributed by atoms with Crippen LogP contribution in [0.25, 0.3) is 17.0 Å². The average molecular weight is 318 g/mol. The Morgan fingerprint density at radius 3 is 2.88 bits per heavy atom. The Kier molecular flexibility index (Phi) is 3.60. The number of aliphatic hydroxyl groups is 1. The van der Waals surface area contributed by atoms with E-state index in [9.17, 15) is 5.11 Å². The molecule has 4 rings (SSSR count). The molecule has 4 aromatic rings. The van der Waals surface area contributed by atoms with Crippen molar-refractivity contribution in [3.05, 3.63) is 66.7 Å². The number of nitrogens with one attached hydrogen (secondary N) is 1. The fraction of sp³-hybridized carbons (Fsp3) is 0.0588. The Morgan fingerprint density at radius 1 is 1.08 bits per heavy atom. The molecule has 0 aliphatic heterocycles. The van der Waals surface area contributed by atoms with Gasteiger partial charge in [0.2, 0.25) is 5.82 Å². The zero-order chi connectivity index (χ0) is 16.4. The number of anilines is 2. The molecule has 0 saturated carbocycles. The minimum atomic E-state index is -0.106. The molecule has 0 aliphatic rings. The molecular weight excluding hydrogens is 304 g/mol. The van der Waals surface area contributed by atoms with E-state index in [1.54, 1.807) is 29.2 Å². The summed E-state index contributed by atoms with van der Waals surface area (Å²) in [5, 5.41) is 17.2. The Balaban J connectivity index is 1.84. The first kappa shape index (κ1) is 14.3. The molecule has 0 bridgehead atoms. The lowest BCUT2D eigenvalue weighted by Gasteiger charge is -2.11. The van der Waals surface area contributed by atoms with Gasteiger partial charge in [-0.05, 0) is 30.3 Å². The Bertz CT molecular complexity index is 983. The fourth-order valence-corrected chi connectivity index (χ4v) is 2.43. The van der Waals surface area contributed by atoms with E-state index in [-0.39, 0.29) is 6.61 Å². The molecule has 4 aromatic heterocycles. The van der Waals surface area contributed by atoms with Gasteiger partial charge in [0.15, 0.2) is 5.82 Å². The molecule has 0 fully saturated rings. The fourth-order valence-electron chi connectivity index (χ4n) is 2.43. The van der Waals surface area contributed by atoms with E-state index in [1.807, 2.05) is 36.5 Å². The first-order valence-corrected chi connectivity index (χ1v) is 7.43. The quantitative estimate of drug-likeness (QED) is 0.601. The van der Waals surface area contributed by atoms with E-state index >= 15 is 0 Å². The zero-order valence-electron chi connectivity index (χ0n) is 12.7. The van der Waals surface area contributed by atoms with Crippen molar-refractivity contribution in [3.8, 4) is 11.5 Å². The molecule has 0 aliphatic carbocycles. The second kappa shape index (κ2) is 6.05. The SMILES string of the molecule is OCc1cnccc1Nc1nc(-c2ccccn2)nn2cccc12. The molecule has 0 saturated heterocycles. The van der Waals surface area contributed by atoms with Crippen LogP contribution in [0.1, 0.15) is 5.56 Å². The van der Waals surface area contributed by atoms with Crippen LogP contribution in [0.5, 0.6) is 0 Å². The van der Waals surface area contributed by atoms with Crippen molar-refractivity contribution < 1.29 is 5.11 Å². The zero-order valence-corrected chi connectivity index (χ0v) is 12.7. The summed E-state index contributed by atoms with van der Waals surface area (Å²) in [4.78, 5) is 12.9. The van der Waals surface area contributed by atoms with Crippen molar-refractivity contribution >= 4 is 17.0 Å². The molecule has 7 nitrogen and oxygen atoms in total. The van der Waals surface area contributed by atoms with Crippen LogP contribution in [0.3, 0.4) is 0 Å². The van der Waals surface area contributed by atoms with E-state index in [1.165, 1.54) is 0 Å². The van der Waals surface area contributed by atoms with Crippen molar-refractivity contribution in [2.45, 2.75) is 6.61 Å². The Morgan fingerprint density at radius 2 is 2.04 bits per heavy atom. The molecule has 0 atom stereocenters. The highest BCUT2D eigenvalue weighted by molar-refractivity contribution is 5.75. The van der Waals surface area contributed by atoms with Gasteiger partial charge in [-0.1, -0.05) is 6.07 Å². The summed E-state index contributed by atoms with van der Waals surface area (Å²) in [6.45, 7) is -0.106. The van der Waals surface area contributed by atoms with Crippen molar-refractivity contribution in [2.24, 2.45) is 0 Å². The molecule has 0 radical (unpaired) electrons. The lowest BCUT2D eigenvalue weighted by Crippen LogP contribution is -2.05. The lowest BCUT2D eigenvalue weighted by atomic mass is 10.2. The van der Waals surface area contributed by atoms with Crippen LogP contribution in [0.15, 0.2) is 61.2 Å². The van der Waals surface area contributed by atoms with E-state index in [0.29, 0.717) is 22.9 Å². The molecule has 118 valence electrons. The van der Waals surface area contributed by atoms with Gasteiger partial charge in [-0.15, -0.1) is 5.10 Å². The number of nitrogens with zero attached hydrogens (tertiary/aromatic N) is 5. The third-order valence-electron chi connectivity index (χ3n) is 3.61. The maximum absolute atomic E-state index is 9.47. The summed E-state index contributed by atoms with van der Waals surface area (Å²) < 4.78 is 1.75. The van der Waals surface area contributed by atoms with Crippen molar-refractivity contribution in [1.29, 1.82) is 0 Å². The second-order valence-corrected chi connectivity index (χ2v) is 5.15. The molecule has 24 heavy (non-hydrogen) atoms. The molecule has 0 spiro atoms. The van der Waals surface area contributed by atoms with Crippen LogP contribution in [0.4, 0.5) is 11.5 Å². The summed E-state index contributed by atoms with van der Waals surface area (Å²) in [5.74, 6) is 1.15. The molecule has 0 amide bonds. The van der Waals surface area contributed by atoms with E-state index in [0.717, 1.165) is 11.2 Å². The van der Waals surface area contributed by atoms with Crippen LogP contribution >= 0.6 is 0 Å². The van der Waals surface area contributed by atoms with Crippen LogP contribution in [-0.2, 0) is 6.61 Å². The number of aromatic nitrogens is 5. The van der Waals surface area contributed by atoms with Crippen molar-refractivity contribution in [3.63, 3.8) is 0 Å². The van der Waals surface area contributed by atoms with Crippen molar-refractivity contribution in [2.75, 3.05) is 5.32 Å². The van der Waals surface area contributed by atoms with Crippen LogP contribution < -0.4 is 5.32 Å². The maximum atomic E-state index is 9.47. The Labute approximate surface area is 137 Å². The normalized spacial score (nSPS) is 10.9. The maximum Gasteiger partial charge on any atom is 0.200 e. The summed E-state index contributed by atoms with van der Waals surface area (Å²) in [7, 11) is 0. The third kappa shape index (κ3) is 2.57. The molecule has 4 heterocycles. The minimum absolute atomic E-state index is 0.106. The number of fused-ring (bicyclic) bond motifs is 1. The standard InChI is InChI=1S/C17H14N6O/c24-11-12-10-18-8-6-13(12)20-17-15-5-3-9-23(15)22-16(21-17)14-4-1-2-7-19-14/h1-10,24H,11H2,(H,18,20,21,22). The van der Waals surface area contributed by atoms with Crippen molar-refractivity contribution in [1.82, 2.24) is 24.6 Å². The van der Waals surface area contributed by atoms with Gasteiger partial charge in [0.05, 0.1) is 6.61 Å². The van der Waals surface area contributed by atoms with Crippen LogP contribution in [-0.4, -0.2) is 29.7 Å². The van der Waals surface area contributed by atoms with Gasteiger partial charge < -0.3 is 10.4 Å². The molecule has 7 heteroatoms. The van der Waals surface area contributed by atoms with Crippen LogP contribution in [0.2, 0.25) is 0 Å². The van der Waals surface area contributed by atoms with E-state index < -0.39 is 0 Å². The second-order valence-electron chi connectivity index (χ2n) is 5.15. The largest absolute Gasteiger partial charge is 0.392 e. The van der Waals surface area contributed by atoms with Gasteiger partial charge in [0.25, 0.3) is 0 Å². The highest BCUT2D eigenvalue weighted by Gasteiger charge is 2.11. The number of aliphatic hydroxyl groups excluding tert-OH is 1.